The molecular formula is C22H30N4O. The molecule has 0 aliphatic heterocycles. The zero-order chi connectivity index (χ0) is 19.5. The zero-order valence-corrected chi connectivity index (χ0v) is 16.5. The molecule has 5 nitrogen and oxygen atoms in total. The Hall–Kier alpha value is -2.79. The van der Waals surface area contributed by atoms with E-state index in [1.54, 1.807) is 13.1 Å². The SMILES string of the molecule is C=CCOc1ccccc1CNC(=NC)NCc1ccccc1CN(C)C. The first kappa shape index (κ1) is 20.5. The molecule has 2 aromatic rings. The van der Waals surface area contributed by atoms with E-state index in [9.17, 15) is 0 Å². The molecule has 0 fully saturated rings. The van der Waals surface area contributed by atoms with Gasteiger partial charge in [0.1, 0.15) is 12.4 Å². The Kier molecular flexibility index (Phi) is 8.39. The van der Waals surface area contributed by atoms with Gasteiger partial charge in [0.05, 0.1) is 0 Å². The second kappa shape index (κ2) is 11.0. The zero-order valence-electron chi connectivity index (χ0n) is 16.5. The number of hydrogen-bond donors (Lipinski definition) is 2. The molecule has 2 rings (SSSR count). The lowest BCUT2D eigenvalue weighted by Gasteiger charge is -2.17. The van der Waals surface area contributed by atoms with E-state index in [0.29, 0.717) is 13.2 Å². The molecule has 0 aromatic heterocycles. The number of rotatable bonds is 9. The smallest absolute Gasteiger partial charge is 0.191 e. The van der Waals surface area contributed by atoms with Crippen LogP contribution < -0.4 is 15.4 Å². The van der Waals surface area contributed by atoms with Crippen LogP contribution in [0, 0.1) is 0 Å². The Morgan fingerprint density at radius 1 is 1.00 bits per heavy atom. The number of nitrogens with zero attached hydrogens (tertiary/aromatic N) is 2. The number of hydrogen-bond acceptors (Lipinski definition) is 3. The maximum atomic E-state index is 5.71. The van der Waals surface area contributed by atoms with E-state index in [2.05, 4.69) is 65.5 Å². The van der Waals surface area contributed by atoms with Gasteiger partial charge in [-0.15, -0.1) is 0 Å². The van der Waals surface area contributed by atoms with Crippen molar-refractivity contribution < 1.29 is 4.74 Å². The summed E-state index contributed by atoms with van der Waals surface area (Å²) < 4.78 is 5.71. The summed E-state index contributed by atoms with van der Waals surface area (Å²) in [6.07, 6.45) is 1.75. The number of para-hydroxylation sites is 1. The van der Waals surface area contributed by atoms with Crippen molar-refractivity contribution in [3.8, 4) is 5.75 Å². The average molecular weight is 367 g/mol. The number of aliphatic imine (C=N–C) groups is 1. The third-order valence-corrected chi connectivity index (χ3v) is 4.05. The topological polar surface area (TPSA) is 48.9 Å². The molecular weight excluding hydrogens is 336 g/mol. The summed E-state index contributed by atoms with van der Waals surface area (Å²) >= 11 is 0. The highest BCUT2D eigenvalue weighted by molar-refractivity contribution is 5.79. The summed E-state index contributed by atoms with van der Waals surface area (Å²) in [5.74, 6) is 1.62. The minimum Gasteiger partial charge on any atom is -0.489 e. The van der Waals surface area contributed by atoms with Gasteiger partial charge in [0.2, 0.25) is 0 Å². The van der Waals surface area contributed by atoms with Gasteiger partial charge in [-0.3, -0.25) is 4.99 Å². The van der Waals surface area contributed by atoms with Crippen molar-refractivity contribution in [3.63, 3.8) is 0 Å². The fourth-order valence-corrected chi connectivity index (χ4v) is 2.74. The van der Waals surface area contributed by atoms with Crippen LogP contribution in [0.25, 0.3) is 0 Å². The summed E-state index contributed by atoms with van der Waals surface area (Å²) in [7, 11) is 5.94. The van der Waals surface area contributed by atoms with Crippen molar-refractivity contribution in [1.82, 2.24) is 15.5 Å². The number of guanidine groups is 1. The van der Waals surface area contributed by atoms with E-state index < -0.39 is 0 Å². The van der Waals surface area contributed by atoms with Gasteiger partial charge >= 0.3 is 0 Å². The van der Waals surface area contributed by atoms with Crippen molar-refractivity contribution in [2.75, 3.05) is 27.7 Å². The van der Waals surface area contributed by atoms with Crippen LogP contribution in [-0.4, -0.2) is 38.6 Å². The van der Waals surface area contributed by atoms with Gasteiger partial charge in [0, 0.05) is 32.2 Å². The summed E-state index contributed by atoms with van der Waals surface area (Å²) in [5, 5.41) is 6.75. The highest BCUT2D eigenvalue weighted by Gasteiger charge is 2.06. The molecule has 0 spiro atoms. The molecule has 0 heterocycles. The van der Waals surface area contributed by atoms with Gasteiger partial charge in [-0.1, -0.05) is 55.1 Å². The maximum absolute atomic E-state index is 5.71. The van der Waals surface area contributed by atoms with E-state index in [4.69, 9.17) is 4.74 Å². The van der Waals surface area contributed by atoms with E-state index in [-0.39, 0.29) is 0 Å². The van der Waals surface area contributed by atoms with Gasteiger partial charge in [-0.2, -0.15) is 0 Å². The van der Waals surface area contributed by atoms with Crippen LogP contribution in [0.5, 0.6) is 5.75 Å². The van der Waals surface area contributed by atoms with Crippen LogP contribution in [0.4, 0.5) is 0 Å². The molecule has 0 amide bonds. The summed E-state index contributed by atoms with van der Waals surface area (Å²) in [6.45, 7) is 6.46. The van der Waals surface area contributed by atoms with E-state index in [0.717, 1.165) is 30.4 Å². The third-order valence-electron chi connectivity index (χ3n) is 4.05. The Balaban J connectivity index is 1.95. The van der Waals surface area contributed by atoms with E-state index in [1.165, 1.54) is 11.1 Å². The van der Waals surface area contributed by atoms with Crippen LogP contribution in [-0.2, 0) is 19.6 Å². The second-order valence-corrected chi connectivity index (χ2v) is 6.49. The van der Waals surface area contributed by atoms with Crippen molar-refractivity contribution in [2.24, 2.45) is 4.99 Å². The van der Waals surface area contributed by atoms with Crippen molar-refractivity contribution >= 4 is 5.96 Å². The Labute approximate surface area is 162 Å². The quantitative estimate of drug-likeness (QED) is 0.407. The molecule has 0 unspecified atom stereocenters. The van der Waals surface area contributed by atoms with Gasteiger partial charge in [0.25, 0.3) is 0 Å². The molecule has 0 saturated carbocycles. The Morgan fingerprint density at radius 2 is 1.59 bits per heavy atom. The second-order valence-electron chi connectivity index (χ2n) is 6.49. The molecule has 2 aromatic carbocycles. The first-order valence-corrected chi connectivity index (χ1v) is 9.11. The van der Waals surface area contributed by atoms with Crippen LogP contribution >= 0.6 is 0 Å². The molecule has 0 bridgehead atoms. The molecule has 0 aliphatic rings. The molecule has 0 aliphatic carbocycles. The van der Waals surface area contributed by atoms with Gasteiger partial charge in [0.15, 0.2) is 5.96 Å². The molecule has 0 saturated heterocycles. The fraction of sp³-hybridized carbons (Fsp3) is 0.318. The van der Waals surface area contributed by atoms with E-state index in [1.807, 2.05) is 24.3 Å². The molecule has 5 heteroatoms. The molecule has 2 N–H and O–H groups in total. The number of benzene rings is 2. The largest absolute Gasteiger partial charge is 0.489 e. The molecule has 27 heavy (non-hydrogen) atoms. The predicted octanol–water partition coefficient (Wildman–Crippen LogP) is 3.18. The molecule has 144 valence electrons. The van der Waals surface area contributed by atoms with Crippen LogP contribution in [0.1, 0.15) is 16.7 Å². The van der Waals surface area contributed by atoms with Crippen molar-refractivity contribution in [3.05, 3.63) is 77.9 Å². The molecule has 0 radical (unpaired) electrons. The lowest BCUT2D eigenvalue weighted by Crippen LogP contribution is -2.36. The van der Waals surface area contributed by atoms with Crippen LogP contribution in [0.15, 0.2) is 66.2 Å². The predicted molar refractivity (Wildman–Crippen MR) is 113 cm³/mol. The average Bonchev–Trinajstić information content (AvgIpc) is 2.68. The minimum atomic E-state index is 0.493. The highest BCUT2D eigenvalue weighted by Crippen LogP contribution is 2.17. The van der Waals surface area contributed by atoms with Gasteiger partial charge in [-0.25, -0.2) is 0 Å². The van der Waals surface area contributed by atoms with Crippen molar-refractivity contribution in [1.29, 1.82) is 0 Å². The normalized spacial score (nSPS) is 11.3. The first-order valence-electron chi connectivity index (χ1n) is 9.11. The first-order chi connectivity index (χ1) is 13.1. The standard InChI is InChI=1S/C22H30N4O/c1-5-14-27-21-13-9-8-11-19(21)16-25-22(23-2)24-15-18-10-6-7-12-20(18)17-26(3)4/h5-13H,1,14-17H2,2-4H3,(H2,23,24,25). The lowest BCUT2D eigenvalue weighted by molar-refractivity contribution is 0.358. The number of nitrogens with one attached hydrogen (secondary N) is 2. The highest BCUT2D eigenvalue weighted by atomic mass is 16.5. The molecule has 0 atom stereocenters. The minimum absolute atomic E-state index is 0.493. The Bertz CT molecular complexity index is 755. The number of ether oxygens (including phenoxy) is 1. The summed E-state index contributed by atoms with van der Waals surface area (Å²) in [6, 6.07) is 16.5. The van der Waals surface area contributed by atoms with Crippen LogP contribution in [0.3, 0.4) is 0 Å². The fourth-order valence-electron chi connectivity index (χ4n) is 2.74. The summed E-state index contributed by atoms with van der Waals surface area (Å²) in [4.78, 5) is 6.50. The van der Waals surface area contributed by atoms with Crippen LogP contribution in [0.2, 0.25) is 0 Å². The van der Waals surface area contributed by atoms with Gasteiger partial charge < -0.3 is 20.3 Å². The summed E-state index contributed by atoms with van der Waals surface area (Å²) in [5.41, 5.74) is 3.66. The lowest BCUT2D eigenvalue weighted by atomic mass is 10.1. The maximum Gasteiger partial charge on any atom is 0.191 e. The monoisotopic (exact) mass is 366 g/mol. The van der Waals surface area contributed by atoms with Crippen molar-refractivity contribution in [2.45, 2.75) is 19.6 Å². The third kappa shape index (κ3) is 6.79. The van der Waals surface area contributed by atoms with E-state index >= 15 is 0 Å². The van der Waals surface area contributed by atoms with Gasteiger partial charge in [-0.05, 0) is 31.3 Å². The Morgan fingerprint density at radius 3 is 2.22 bits per heavy atom.